The van der Waals surface area contributed by atoms with E-state index in [-0.39, 0.29) is 12.5 Å². The minimum absolute atomic E-state index is 0.217. The van der Waals surface area contributed by atoms with Gasteiger partial charge in [0.1, 0.15) is 0 Å². The standard InChI is InChI=1S/C15H21N3O/c1-13(11-19)8-18(10-15-7-16-12-17-15)9-14-5-3-2-4-6-14/h2-7,12-13,19H,8-11H2,1H3,(H,16,17). The summed E-state index contributed by atoms with van der Waals surface area (Å²) in [5, 5.41) is 9.23. The van der Waals surface area contributed by atoms with Gasteiger partial charge in [-0.25, -0.2) is 4.98 Å². The number of nitrogens with one attached hydrogen (secondary N) is 1. The maximum atomic E-state index is 9.23. The van der Waals surface area contributed by atoms with Crippen molar-refractivity contribution in [2.75, 3.05) is 13.2 Å². The molecule has 0 aliphatic heterocycles. The fourth-order valence-corrected chi connectivity index (χ4v) is 2.14. The van der Waals surface area contributed by atoms with Gasteiger partial charge in [0.15, 0.2) is 0 Å². The van der Waals surface area contributed by atoms with Crippen molar-refractivity contribution in [2.24, 2.45) is 5.92 Å². The number of hydrogen-bond donors (Lipinski definition) is 2. The van der Waals surface area contributed by atoms with Gasteiger partial charge in [-0.05, 0) is 11.5 Å². The number of nitrogens with zero attached hydrogens (tertiary/aromatic N) is 2. The van der Waals surface area contributed by atoms with E-state index in [1.165, 1.54) is 5.56 Å². The lowest BCUT2D eigenvalue weighted by Gasteiger charge is -2.24. The highest BCUT2D eigenvalue weighted by molar-refractivity contribution is 5.14. The maximum absolute atomic E-state index is 9.23. The van der Waals surface area contributed by atoms with E-state index < -0.39 is 0 Å². The minimum atomic E-state index is 0.217. The van der Waals surface area contributed by atoms with Crippen LogP contribution < -0.4 is 0 Å². The second-order valence-electron chi connectivity index (χ2n) is 5.02. The van der Waals surface area contributed by atoms with Gasteiger partial charge in [-0.15, -0.1) is 0 Å². The zero-order valence-corrected chi connectivity index (χ0v) is 11.3. The average Bonchev–Trinajstić information content (AvgIpc) is 2.92. The van der Waals surface area contributed by atoms with Crippen molar-refractivity contribution in [1.82, 2.24) is 14.9 Å². The first-order chi connectivity index (χ1) is 9.28. The molecule has 2 aromatic rings. The van der Waals surface area contributed by atoms with E-state index in [1.807, 2.05) is 12.3 Å². The number of rotatable bonds is 7. The van der Waals surface area contributed by atoms with E-state index in [2.05, 4.69) is 46.1 Å². The highest BCUT2D eigenvalue weighted by atomic mass is 16.3. The van der Waals surface area contributed by atoms with Crippen molar-refractivity contribution in [3.05, 3.63) is 54.1 Å². The molecule has 1 heterocycles. The van der Waals surface area contributed by atoms with Crippen LogP contribution in [0.15, 0.2) is 42.9 Å². The van der Waals surface area contributed by atoms with Gasteiger partial charge in [0.25, 0.3) is 0 Å². The number of benzene rings is 1. The second kappa shape index (κ2) is 7.07. The zero-order valence-electron chi connectivity index (χ0n) is 11.3. The Labute approximate surface area is 114 Å². The van der Waals surface area contributed by atoms with E-state index >= 15 is 0 Å². The molecule has 0 bridgehead atoms. The Morgan fingerprint density at radius 1 is 1.26 bits per heavy atom. The number of imidazole rings is 1. The van der Waals surface area contributed by atoms with Crippen LogP contribution in [0.4, 0.5) is 0 Å². The molecule has 0 amide bonds. The smallest absolute Gasteiger partial charge is 0.0922 e. The molecular weight excluding hydrogens is 238 g/mol. The van der Waals surface area contributed by atoms with Crippen LogP contribution in [0, 0.1) is 5.92 Å². The predicted octanol–water partition coefficient (Wildman–Crippen LogP) is 2.04. The van der Waals surface area contributed by atoms with Crippen LogP contribution >= 0.6 is 0 Å². The van der Waals surface area contributed by atoms with Gasteiger partial charge in [0.2, 0.25) is 0 Å². The summed E-state index contributed by atoms with van der Waals surface area (Å²) in [5.74, 6) is 0.270. The monoisotopic (exact) mass is 259 g/mol. The quantitative estimate of drug-likeness (QED) is 0.800. The molecule has 1 atom stereocenters. The van der Waals surface area contributed by atoms with Crippen LogP contribution in [0.5, 0.6) is 0 Å². The van der Waals surface area contributed by atoms with Crippen LogP contribution in [0.3, 0.4) is 0 Å². The summed E-state index contributed by atoms with van der Waals surface area (Å²) in [6.07, 6.45) is 3.55. The summed E-state index contributed by atoms with van der Waals surface area (Å²) in [4.78, 5) is 9.50. The van der Waals surface area contributed by atoms with Crippen molar-refractivity contribution in [2.45, 2.75) is 20.0 Å². The van der Waals surface area contributed by atoms with Gasteiger partial charge in [0.05, 0.1) is 6.33 Å². The number of aromatic amines is 1. The molecule has 4 heteroatoms. The van der Waals surface area contributed by atoms with Crippen LogP contribution in [0.2, 0.25) is 0 Å². The molecule has 0 aliphatic carbocycles. The van der Waals surface area contributed by atoms with E-state index in [0.29, 0.717) is 0 Å². The highest BCUT2D eigenvalue weighted by Crippen LogP contribution is 2.10. The third-order valence-electron chi connectivity index (χ3n) is 3.08. The summed E-state index contributed by atoms with van der Waals surface area (Å²) in [6, 6.07) is 10.4. The Balaban J connectivity index is 2.01. The van der Waals surface area contributed by atoms with Crippen molar-refractivity contribution in [3.8, 4) is 0 Å². The van der Waals surface area contributed by atoms with Crippen LogP contribution in [0.1, 0.15) is 18.2 Å². The van der Waals surface area contributed by atoms with Crippen molar-refractivity contribution in [3.63, 3.8) is 0 Å². The molecule has 0 saturated carbocycles. The zero-order chi connectivity index (χ0) is 13.5. The Kier molecular flexibility index (Phi) is 5.12. The third-order valence-corrected chi connectivity index (χ3v) is 3.08. The molecule has 0 spiro atoms. The topological polar surface area (TPSA) is 52.1 Å². The van der Waals surface area contributed by atoms with Gasteiger partial charge in [-0.2, -0.15) is 0 Å². The summed E-state index contributed by atoms with van der Waals surface area (Å²) in [7, 11) is 0. The normalized spacial score (nSPS) is 12.8. The maximum Gasteiger partial charge on any atom is 0.0922 e. The van der Waals surface area contributed by atoms with Gasteiger partial charge < -0.3 is 10.1 Å². The third kappa shape index (κ3) is 4.50. The van der Waals surface area contributed by atoms with E-state index in [0.717, 1.165) is 25.3 Å². The first-order valence-electron chi connectivity index (χ1n) is 6.62. The minimum Gasteiger partial charge on any atom is -0.396 e. The first-order valence-corrected chi connectivity index (χ1v) is 6.62. The van der Waals surface area contributed by atoms with Gasteiger partial charge in [-0.3, -0.25) is 4.90 Å². The molecule has 0 aliphatic rings. The Morgan fingerprint density at radius 2 is 2.05 bits per heavy atom. The molecule has 0 saturated heterocycles. The molecule has 1 aromatic heterocycles. The molecule has 2 N–H and O–H groups in total. The number of H-pyrrole nitrogens is 1. The SMILES string of the molecule is CC(CO)CN(Cc1ccccc1)Cc1cnc[nH]1. The van der Waals surface area contributed by atoms with Crippen molar-refractivity contribution >= 4 is 0 Å². The fourth-order valence-electron chi connectivity index (χ4n) is 2.14. The number of aliphatic hydroxyl groups is 1. The molecule has 19 heavy (non-hydrogen) atoms. The van der Waals surface area contributed by atoms with Gasteiger partial charge in [0, 0.05) is 38.1 Å². The highest BCUT2D eigenvalue weighted by Gasteiger charge is 2.11. The predicted molar refractivity (Wildman–Crippen MR) is 75.4 cm³/mol. The lowest BCUT2D eigenvalue weighted by atomic mass is 10.1. The molecule has 1 unspecified atom stereocenters. The van der Waals surface area contributed by atoms with Gasteiger partial charge in [-0.1, -0.05) is 37.3 Å². The lowest BCUT2D eigenvalue weighted by Crippen LogP contribution is -2.29. The molecule has 1 aromatic carbocycles. The number of hydrogen-bond acceptors (Lipinski definition) is 3. The first kappa shape index (κ1) is 13.8. The Morgan fingerprint density at radius 3 is 2.68 bits per heavy atom. The van der Waals surface area contributed by atoms with E-state index in [1.54, 1.807) is 6.33 Å². The van der Waals surface area contributed by atoms with Crippen molar-refractivity contribution < 1.29 is 5.11 Å². The van der Waals surface area contributed by atoms with Crippen LogP contribution in [-0.2, 0) is 13.1 Å². The average molecular weight is 259 g/mol. The second-order valence-corrected chi connectivity index (χ2v) is 5.02. The summed E-state index contributed by atoms with van der Waals surface area (Å²) < 4.78 is 0. The summed E-state index contributed by atoms with van der Waals surface area (Å²) in [5.41, 5.74) is 2.38. The molecular formula is C15H21N3O. The van der Waals surface area contributed by atoms with Crippen LogP contribution in [-0.4, -0.2) is 33.1 Å². The Hall–Kier alpha value is -1.65. The summed E-state index contributed by atoms with van der Waals surface area (Å²) in [6.45, 7) is 4.84. The van der Waals surface area contributed by atoms with Crippen molar-refractivity contribution in [1.29, 1.82) is 0 Å². The summed E-state index contributed by atoms with van der Waals surface area (Å²) >= 11 is 0. The Bertz CT molecular complexity index is 456. The van der Waals surface area contributed by atoms with Crippen LogP contribution in [0.25, 0.3) is 0 Å². The van der Waals surface area contributed by atoms with E-state index in [4.69, 9.17) is 0 Å². The fraction of sp³-hybridized carbons (Fsp3) is 0.400. The molecule has 0 radical (unpaired) electrons. The molecule has 2 rings (SSSR count). The van der Waals surface area contributed by atoms with E-state index in [9.17, 15) is 5.11 Å². The lowest BCUT2D eigenvalue weighted by molar-refractivity contribution is 0.162. The number of aromatic nitrogens is 2. The van der Waals surface area contributed by atoms with Gasteiger partial charge >= 0.3 is 0 Å². The number of aliphatic hydroxyl groups excluding tert-OH is 1. The molecule has 4 nitrogen and oxygen atoms in total. The molecule has 102 valence electrons. The largest absolute Gasteiger partial charge is 0.396 e. The molecule has 0 fully saturated rings.